The van der Waals surface area contributed by atoms with Gasteiger partial charge in [-0.3, -0.25) is 4.79 Å². The Balaban J connectivity index is 2.03. The zero-order valence-corrected chi connectivity index (χ0v) is 15.2. The van der Waals surface area contributed by atoms with Gasteiger partial charge in [-0.2, -0.15) is 0 Å². The van der Waals surface area contributed by atoms with Crippen molar-refractivity contribution < 1.29 is 4.79 Å². The van der Waals surface area contributed by atoms with Gasteiger partial charge in [0.2, 0.25) is 5.78 Å². The highest BCUT2D eigenvalue weighted by Crippen LogP contribution is 2.37. The predicted octanol–water partition coefficient (Wildman–Crippen LogP) is 4.07. The molecule has 24 heavy (non-hydrogen) atoms. The maximum Gasteiger partial charge on any atom is 0.202 e. The first-order chi connectivity index (χ1) is 11.5. The van der Waals surface area contributed by atoms with Crippen molar-refractivity contribution in [2.45, 2.75) is 19.5 Å². The maximum absolute atomic E-state index is 12.4. The number of rotatable bonds is 5. The fourth-order valence-electron chi connectivity index (χ4n) is 2.32. The SMILES string of the molecule is C#C[C@H](N)C(=O)c1sc2c(NCc3cccs3)cc(Cl)nc2c1C. The number of fused-ring (bicyclic) bond motifs is 1. The van der Waals surface area contributed by atoms with Gasteiger partial charge in [-0.05, 0) is 23.9 Å². The lowest BCUT2D eigenvalue weighted by atomic mass is 10.1. The fourth-order valence-corrected chi connectivity index (χ4v) is 4.38. The predicted molar refractivity (Wildman–Crippen MR) is 102 cm³/mol. The molecule has 0 aliphatic heterocycles. The minimum absolute atomic E-state index is 0.265. The molecule has 3 heterocycles. The summed E-state index contributed by atoms with van der Waals surface area (Å²) in [6.45, 7) is 2.51. The summed E-state index contributed by atoms with van der Waals surface area (Å²) in [5.74, 6) is 2.01. The lowest BCUT2D eigenvalue weighted by Crippen LogP contribution is -2.28. The van der Waals surface area contributed by atoms with E-state index in [0.29, 0.717) is 22.1 Å². The van der Waals surface area contributed by atoms with Crippen molar-refractivity contribution in [2.24, 2.45) is 5.73 Å². The largest absolute Gasteiger partial charge is 0.379 e. The van der Waals surface area contributed by atoms with E-state index in [0.717, 1.165) is 16.0 Å². The second-order valence-corrected chi connectivity index (χ2v) is 7.61. The number of hydrogen-bond donors (Lipinski definition) is 2. The van der Waals surface area contributed by atoms with Gasteiger partial charge in [-0.25, -0.2) is 4.98 Å². The smallest absolute Gasteiger partial charge is 0.202 e. The van der Waals surface area contributed by atoms with Gasteiger partial charge in [0.15, 0.2) is 0 Å². The number of carbonyl (C=O) groups excluding carboxylic acids is 1. The van der Waals surface area contributed by atoms with E-state index in [1.807, 2.05) is 18.4 Å². The van der Waals surface area contributed by atoms with Crippen LogP contribution < -0.4 is 11.1 Å². The Morgan fingerprint density at radius 1 is 1.58 bits per heavy atom. The summed E-state index contributed by atoms with van der Waals surface area (Å²) in [7, 11) is 0. The van der Waals surface area contributed by atoms with Crippen molar-refractivity contribution in [3.8, 4) is 12.3 Å². The van der Waals surface area contributed by atoms with Crippen LogP contribution in [0.1, 0.15) is 20.1 Å². The van der Waals surface area contributed by atoms with E-state index in [9.17, 15) is 4.79 Å². The molecule has 0 bridgehead atoms. The van der Waals surface area contributed by atoms with Gasteiger partial charge >= 0.3 is 0 Å². The molecule has 4 nitrogen and oxygen atoms in total. The van der Waals surface area contributed by atoms with Crippen LogP contribution in [0.25, 0.3) is 10.2 Å². The number of carbonyl (C=O) groups is 1. The number of nitrogens with zero attached hydrogens (tertiary/aromatic N) is 1. The highest BCUT2D eigenvalue weighted by Gasteiger charge is 2.22. The molecule has 122 valence electrons. The normalized spacial score (nSPS) is 12.1. The number of ketones is 1. The zero-order chi connectivity index (χ0) is 17.3. The average molecular weight is 376 g/mol. The van der Waals surface area contributed by atoms with E-state index in [-0.39, 0.29) is 5.78 Å². The first-order valence-corrected chi connectivity index (χ1v) is 9.20. The van der Waals surface area contributed by atoms with Crippen LogP contribution in [0.3, 0.4) is 0 Å². The number of Topliss-reactive ketones (excluding diaryl/α,β-unsaturated/α-hetero) is 1. The molecule has 0 amide bonds. The molecule has 0 saturated heterocycles. The third-order valence-corrected chi connectivity index (χ3v) is 5.96. The molecule has 3 aromatic heterocycles. The van der Waals surface area contributed by atoms with Crippen molar-refractivity contribution in [3.05, 3.63) is 44.1 Å². The number of nitrogens with two attached hydrogens (primary N) is 1. The van der Waals surface area contributed by atoms with Crippen LogP contribution in [0.2, 0.25) is 5.15 Å². The van der Waals surface area contributed by atoms with Gasteiger partial charge < -0.3 is 11.1 Å². The van der Waals surface area contributed by atoms with Crippen LogP contribution in [0.4, 0.5) is 5.69 Å². The Labute approximate surface area is 152 Å². The van der Waals surface area contributed by atoms with Crippen molar-refractivity contribution >= 4 is 56.0 Å². The Kier molecular flexibility index (Phi) is 4.88. The number of terminal acetylenes is 1. The number of hydrogen-bond acceptors (Lipinski definition) is 6. The summed E-state index contributed by atoms with van der Waals surface area (Å²) in [6.07, 6.45) is 5.27. The number of anilines is 1. The van der Waals surface area contributed by atoms with Crippen LogP contribution >= 0.6 is 34.3 Å². The molecule has 0 spiro atoms. The molecule has 0 radical (unpaired) electrons. The molecule has 3 aromatic rings. The molecule has 3 rings (SSSR count). The number of aromatic nitrogens is 1. The topological polar surface area (TPSA) is 68.0 Å². The number of nitrogens with one attached hydrogen (secondary N) is 1. The monoisotopic (exact) mass is 375 g/mol. The number of thiophene rings is 2. The van der Waals surface area contributed by atoms with E-state index in [1.165, 1.54) is 16.2 Å². The number of aryl methyl sites for hydroxylation is 1. The second kappa shape index (κ2) is 6.91. The Hall–Kier alpha value is -1.91. The van der Waals surface area contributed by atoms with Crippen molar-refractivity contribution in [3.63, 3.8) is 0 Å². The molecule has 0 aromatic carbocycles. The van der Waals surface area contributed by atoms with Gasteiger partial charge in [0.05, 0.1) is 20.8 Å². The van der Waals surface area contributed by atoms with Gasteiger partial charge in [0.1, 0.15) is 11.2 Å². The molecule has 0 unspecified atom stereocenters. The first-order valence-electron chi connectivity index (χ1n) is 7.13. The lowest BCUT2D eigenvalue weighted by molar-refractivity contribution is 0.0984. The zero-order valence-electron chi connectivity index (χ0n) is 12.8. The van der Waals surface area contributed by atoms with Crippen LogP contribution in [0.5, 0.6) is 0 Å². The van der Waals surface area contributed by atoms with Gasteiger partial charge in [-0.1, -0.05) is 23.6 Å². The van der Waals surface area contributed by atoms with Crippen LogP contribution in [0, 0.1) is 19.3 Å². The Morgan fingerprint density at radius 3 is 3.04 bits per heavy atom. The molecule has 7 heteroatoms. The standard InChI is InChI=1S/C17H14ClN3OS2/c1-3-11(19)15(22)16-9(2)14-17(24-16)12(7-13(18)21-14)20-8-10-5-4-6-23-10/h1,4-7,11H,8,19H2,2H3,(H,20,21)/t11-/m0/s1. The summed E-state index contributed by atoms with van der Waals surface area (Å²) in [5, 5.41) is 5.77. The average Bonchev–Trinajstić information content (AvgIpc) is 3.20. The number of pyridine rings is 1. The third-order valence-electron chi connectivity index (χ3n) is 3.56. The van der Waals surface area contributed by atoms with E-state index < -0.39 is 6.04 Å². The molecule has 0 saturated carbocycles. The van der Waals surface area contributed by atoms with E-state index in [1.54, 1.807) is 17.4 Å². The molecule has 3 N–H and O–H groups in total. The molecule has 0 aliphatic rings. The lowest BCUT2D eigenvalue weighted by Gasteiger charge is -2.06. The highest BCUT2D eigenvalue weighted by atomic mass is 35.5. The Morgan fingerprint density at radius 2 is 2.38 bits per heavy atom. The van der Waals surface area contributed by atoms with Crippen molar-refractivity contribution in [1.82, 2.24) is 4.98 Å². The first kappa shape index (κ1) is 16.9. The van der Waals surface area contributed by atoms with Gasteiger partial charge in [0.25, 0.3) is 0 Å². The molecular weight excluding hydrogens is 362 g/mol. The van der Waals surface area contributed by atoms with Crippen LogP contribution in [-0.2, 0) is 6.54 Å². The van der Waals surface area contributed by atoms with Crippen molar-refractivity contribution in [2.75, 3.05) is 5.32 Å². The maximum atomic E-state index is 12.4. The minimum Gasteiger partial charge on any atom is -0.379 e. The van der Waals surface area contributed by atoms with E-state index >= 15 is 0 Å². The van der Waals surface area contributed by atoms with Crippen molar-refractivity contribution in [1.29, 1.82) is 0 Å². The fraction of sp³-hybridized carbons (Fsp3) is 0.176. The summed E-state index contributed by atoms with van der Waals surface area (Å²) in [4.78, 5) is 18.5. The summed E-state index contributed by atoms with van der Waals surface area (Å²) in [6, 6.07) is 4.88. The van der Waals surface area contributed by atoms with Gasteiger partial charge in [-0.15, -0.1) is 29.1 Å². The molecule has 1 atom stereocenters. The second-order valence-electron chi connectivity index (χ2n) is 5.17. The van der Waals surface area contributed by atoms with E-state index in [2.05, 4.69) is 22.3 Å². The summed E-state index contributed by atoms with van der Waals surface area (Å²) < 4.78 is 0.876. The summed E-state index contributed by atoms with van der Waals surface area (Å²) in [5.41, 5.74) is 8.00. The molecular formula is C17H14ClN3OS2. The van der Waals surface area contributed by atoms with Crippen LogP contribution in [-0.4, -0.2) is 16.8 Å². The number of halogens is 1. The van der Waals surface area contributed by atoms with Gasteiger partial charge in [0, 0.05) is 17.5 Å². The Bertz CT molecular complexity index is 941. The quantitative estimate of drug-likeness (QED) is 0.400. The minimum atomic E-state index is -0.949. The highest BCUT2D eigenvalue weighted by molar-refractivity contribution is 7.21. The molecule has 0 aliphatic carbocycles. The molecule has 0 fully saturated rings. The summed E-state index contributed by atoms with van der Waals surface area (Å²) >= 11 is 9.16. The third kappa shape index (κ3) is 3.17. The van der Waals surface area contributed by atoms with E-state index in [4.69, 9.17) is 23.8 Å². The van der Waals surface area contributed by atoms with Crippen LogP contribution in [0.15, 0.2) is 23.6 Å².